The van der Waals surface area contributed by atoms with E-state index in [1.807, 2.05) is 6.07 Å². The molecule has 1 amide bonds. The molecule has 2 heterocycles. The van der Waals surface area contributed by atoms with Crippen LogP contribution in [0.3, 0.4) is 0 Å². The van der Waals surface area contributed by atoms with Crippen LogP contribution in [0.25, 0.3) is 0 Å². The lowest BCUT2D eigenvalue weighted by Gasteiger charge is -2.25. The Balaban J connectivity index is 2.05. The number of hydrogen-bond donors (Lipinski definition) is 2. The summed E-state index contributed by atoms with van der Waals surface area (Å²) in [6, 6.07) is 1.60. The highest BCUT2D eigenvalue weighted by molar-refractivity contribution is 9.10. The fourth-order valence-corrected chi connectivity index (χ4v) is 2.07. The van der Waals surface area contributed by atoms with E-state index in [-0.39, 0.29) is 11.9 Å². The molecule has 1 unspecified atom stereocenters. The van der Waals surface area contributed by atoms with Crippen LogP contribution in [0.1, 0.15) is 12.8 Å². The molecule has 0 saturated heterocycles. The van der Waals surface area contributed by atoms with Gasteiger partial charge in [0.15, 0.2) is 5.82 Å². The molecule has 1 aliphatic heterocycles. The van der Waals surface area contributed by atoms with Gasteiger partial charge in [-0.25, -0.2) is 4.98 Å². The first kappa shape index (κ1) is 12.3. The normalized spacial score (nSPS) is 18.2. The molecule has 0 aliphatic carbocycles. The maximum atomic E-state index is 11.8. The number of fused-ring (bicyclic) bond motifs is 1. The summed E-state index contributed by atoms with van der Waals surface area (Å²) in [5, 5.41) is 5.98. The van der Waals surface area contributed by atoms with Gasteiger partial charge in [-0.2, -0.15) is 0 Å². The van der Waals surface area contributed by atoms with E-state index in [4.69, 9.17) is 4.74 Å². The molecule has 92 valence electrons. The van der Waals surface area contributed by atoms with Crippen LogP contribution in [0.15, 0.2) is 16.7 Å². The van der Waals surface area contributed by atoms with Gasteiger partial charge in [-0.1, -0.05) is 0 Å². The molecule has 5 nitrogen and oxygen atoms in total. The second-order valence-corrected chi connectivity index (χ2v) is 4.79. The number of methoxy groups -OCH3 is 1. The summed E-state index contributed by atoms with van der Waals surface area (Å²) in [5.41, 5.74) is 0.715. The van der Waals surface area contributed by atoms with Crippen LogP contribution in [0.5, 0.6) is 0 Å². The number of rotatable bonds is 4. The third kappa shape index (κ3) is 2.95. The second kappa shape index (κ2) is 5.46. The predicted molar refractivity (Wildman–Crippen MR) is 69.1 cm³/mol. The number of carbonyl (C=O) groups excluding carboxylic acids is 1. The molecule has 0 spiro atoms. The number of aromatic nitrogens is 1. The Hall–Kier alpha value is -1.14. The Morgan fingerprint density at radius 3 is 3.18 bits per heavy atom. The molecular formula is C11H14BrN3O2. The number of ether oxygens (including phenoxy) is 1. The minimum Gasteiger partial charge on any atom is -0.385 e. The van der Waals surface area contributed by atoms with Gasteiger partial charge in [0.25, 0.3) is 0 Å². The van der Waals surface area contributed by atoms with Gasteiger partial charge in [-0.05, 0) is 34.8 Å². The monoisotopic (exact) mass is 299 g/mol. The van der Waals surface area contributed by atoms with Crippen molar-refractivity contribution in [2.75, 3.05) is 24.4 Å². The Kier molecular flexibility index (Phi) is 3.96. The SMILES string of the molecule is COCCCC1Nc2ncc(Br)cc2NC1=O. The minimum atomic E-state index is -0.230. The molecular weight excluding hydrogens is 286 g/mol. The summed E-state index contributed by atoms with van der Waals surface area (Å²) in [7, 11) is 1.66. The second-order valence-electron chi connectivity index (χ2n) is 3.87. The standard InChI is InChI=1S/C11H14BrN3O2/c1-17-4-2-3-8-11(16)15-9-5-7(12)6-13-10(9)14-8/h5-6,8H,2-4H2,1H3,(H,13,14)(H,15,16). The van der Waals surface area contributed by atoms with E-state index in [9.17, 15) is 4.79 Å². The quantitative estimate of drug-likeness (QED) is 0.835. The third-order valence-electron chi connectivity index (χ3n) is 2.58. The van der Waals surface area contributed by atoms with Crippen molar-refractivity contribution in [2.24, 2.45) is 0 Å². The highest BCUT2D eigenvalue weighted by atomic mass is 79.9. The molecule has 17 heavy (non-hydrogen) atoms. The van der Waals surface area contributed by atoms with Crippen molar-refractivity contribution in [3.8, 4) is 0 Å². The van der Waals surface area contributed by atoms with Crippen molar-refractivity contribution in [1.82, 2.24) is 4.98 Å². The van der Waals surface area contributed by atoms with E-state index < -0.39 is 0 Å². The van der Waals surface area contributed by atoms with Crippen LogP contribution in [0.2, 0.25) is 0 Å². The topological polar surface area (TPSA) is 63.2 Å². The van der Waals surface area contributed by atoms with Gasteiger partial charge < -0.3 is 15.4 Å². The number of amides is 1. The highest BCUT2D eigenvalue weighted by Gasteiger charge is 2.25. The maximum Gasteiger partial charge on any atom is 0.247 e. The summed E-state index contributed by atoms with van der Waals surface area (Å²) >= 11 is 3.32. The zero-order chi connectivity index (χ0) is 12.3. The molecule has 1 aromatic heterocycles. The summed E-state index contributed by atoms with van der Waals surface area (Å²) in [6.45, 7) is 0.659. The van der Waals surface area contributed by atoms with E-state index in [0.29, 0.717) is 12.3 Å². The zero-order valence-corrected chi connectivity index (χ0v) is 11.1. The van der Waals surface area contributed by atoms with Crippen LogP contribution < -0.4 is 10.6 Å². The number of pyridine rings is 1. The molecule has 0 aromatic carbocycles. The fraction of sp³-hybridized carbons (Fsp3) is 0.455. The molecule has 1 aromatic rings. The summed E-state index contributed by atoms with van der Waals surface area (Å²) in [5.74, 6) is 0.698. The lowest BCUT2D eigenvalue weighted by molar-refractivity contribution is -0.117. The van der Waals surface area contributed by atoms with Gasteiger partial charge in [0.2, 0.25) is 5.91 Å². The molecule has 2 N–H and O–H groups in total. The van der Waals surface area contributed by atoms with Crippen molar-refractivity contribution in [3.05, 3.63) is 16.7 Å². The first-order valence-corrected chi connectivity index (χ1v) is 6.22. The van der Waals surface area contributed by atoms with E-state index in [1.165, 1.54) is 0 Å². The number of anilines is 2. The molecule has 0 bridgehead atoms. The Labute approximate surface area is 108 Å². The van der Waals surface area contributed by atoms with Crippen molar-refractivity contribution in [2.45, 2.75) is 18.9 Å². The summed E-state index contributed by atoms with van der Waals surface area (Å²) in [6.07, 6.45) is 3.28. The maximum absolute atomic E-state index is 11.8. The molecule has 1 atom stereocenters. The average molecular weight is 300 g/mol. The zero-order valence-electron chi connectivity index (χ0n) is 9.50. The van der Waals surface area contributed by atoms with Crippen LogP contribution in [0, 0.1) is 0 Å². The number of carbonyl (C=O) groups is 1. The first-order valence-electron chi connectivity index (χ1n) is 5.42. The van der Waals surface area contributed by atoms with Crippen molar-refractivity contribution in [1.29, 1.82) is 0 Å². The first-order chi connectivity index (χ1) is 8.20. The third-order valence-corrected chi connectivity index (χ3v) is 3.01. The number of nitrogens with one attached hydrogen (secondary N) is 2. The molecule has 2 rings (SSSR count). The average Bonchev–Trinajstić information content (AvgIpc) is 2.30. The molecule has 6 heteroatoms. The molecule has 1 aliphatic rings. The molecule has 0 fully saturated rings. The Bertz CT molecular complexity index is 425. The van der Waals surface area contributed by atoms with Gasteiger partial charge in [-0.3, -0.25) is 4.79 Å². The lowest BCUT2D eigenvalue weighted by atomic mass is 10.1. The fourth-order valence-electron chi connectivity index (χ4n) is 1.74. The van der Waals surface area contributed by atoms with Crippen LogP contribution >= 0.6 is 15.9 Å². The van der Waals surface area contributed by atoms with Crippen LogP contribution in [-0.4, -0.2) is 30.6 Å². The highest BCUT2D eigenvalue weighted by Crippen LogP contribution is 2.28. The summed E-state index contributed by atoms with van der Waals surface area (Å²) < 4.78 is 5.82. The lowest BCUT2D eigenvalue weighted by Crippen LogP contribution is -2.39. The Morgan fingerprint density at radius 2 is 2.41 bits per heavy atom. The van der Waals surface area contributed by atoms with Gasteiger partial charge in [0.05, 0.1) is 5.69 Å². The van der Waals surface area contributed by atoms with Crippen LogP contribution in [-0.2, 0) is 9.53 Å². The number of nitrogens with zero attached hydrogens (tertiary/aromatic N) is 1. The smallest absolute Gasteiger partial charge is 0.247 e. The van der Waals surface area contributed by atoms with Gasteiger partial charge in [0, 0.05) is 24.4 Å². The van der Waals surface area contributed by atoms with Crippen molar-refractivity contribution >= 4 is 33.3 Å². The van der Waals surface area contributed by atoms with Crippen LogP contribution in [0.4, 0.5) is 11.5 Å². The minimum absolute atomic E-state index is 0.0199. The van der Waals surface area contributed by atoms with Gasteiger partial charge >= 0.3 is 0 Å². The van der Waals surface area contributed by atoms with E-state index >= 15 is 0 Å². The van der Waals surface area contributed by atoms with Gasteiger partial charge in [0.1, 0.15) is 6.04 Å². The molecule has 0 saturated carbocycles. The number of hydrogen-bond acceptors (Lipinski definition) is 4. The largest absolute Gasteiger partial charge is 0.385 e. The van der Waals surface area contributed by atoms with Crippen molar-refractivity contribution < 1.29 is 9.53 Å². The van der Waals surface area contributed by atoms with E-state index in [1.54, 1.807) is 13.3 Å². The summed E-state index contributed by atoms with van der Waals surface area (Å²) in [4.78, 5) is 16.0. The van der Waals surface area contributed by atoms with E-state index in [0.717, 1.165) is 23.1 Å². The Morgan fingerprint density at radius 1 is 1.59 bits per heavy atom. The van der Waals surface area contributed by atoms with Crippen molar-refractivity contribution in [3.63, 3.8) is 0 Å². The van der Waals surface area contributed by atoms with Gasteiger partial charge in [-0.15, -0.1) is 0 Å². The predicted octanol–water partition coefficient (Wildman–Crippen LogP) is 2.00. The van der Waals surface area contributed by atoms with E-state index in [2.05, 4.69) is 31.5 Å². The molecule has 0 radical (unpaired) electrons. The number of halogens is 1.